The molecule has 2 rings (SSSR count). The number of methoxy groups -OCH3 is 1. The molecule has 2 aromatic rings. The summed E-state index contributed by atoms with van der Waals surface area (Å²) in [5, 5.41) is 3.40. The predicted octanol–water partition coefficient (Wildman–Crippen LogP) is 2.22. The zero-order valence-electron chi connectivity index (χ0n) is 10.6. The lowest BCUT2D eigenvalue weighted by Crippen LogP contribution is -2.31. The number of aromatic nitrogens is 1. The number of carbonyl (C=O) groups excluding carboxylic acids is 1. The van der Waals surface area contributed by atoms with Crippen molar-refractivity contribution < 1.29 is 9.53 Å². The molecular weight excluding hydrogens is 264 g/mol. The number of nitrogens with zero attached hydrogens (tertiary/aromatic N) is 1. The van der Waals surface area contributed by atoms with Gasteiger partial charge in [0.15, 0.2) is 0 Å². The lowest BCUT2D eigenvalue weighted by atomic mass is 10.1. The maximum Gasteiger partial charge on any atom is 0.252 e. The standard InChI is InChI=1S/C14H15ClN2O2/c1-19-9-10(15)8-17-14(18)12-4-2-6-13-11(12)5-3-7-16-13/h2-7,10H,8-9H2,1H3,(H,17,18). The van der Waals surface area contributed by atoms with Crippen LogP contribution < -0.4 is 5.32 Å². The number of fused-ring (bicyclic) bond motifs is 1. The van der Waals surface area contributed by atoms with Crippen molar-refractivity contribution in [1.82, 2.24) is 10.3 Å². The summed E-state index contributed by atoms with van der Waals surface area (Å²) in [6, 6.07) is 9.16. The normalized spacial score (nSPS) is 12.3. The Morgan fingerprint density at radius 1 is 1.42 bits per heavy atom. The first-order chi connectivity index (χ1) is 9.22. The zero-order valence-corrected chi connectivity index (χ0v) is 11.4. The molecule has 100 valence electrons. The third-order valence-corrected chi connectivity index (χ3v) is 3.00. The van der Waals surface area contributed by atoms with Crippen LogP contribution in [0.3, 0.4) is 0 Å². The van der Waals surface area contributed by atoms with Gasteiger partial charge in [-0.3, -0.25) is 9.78 Å². The van der Waals surface area contributed by atoms with E-state index in [0.717, 1.165) is 10.9 Å². The summed E-state index contributed by atoms with van der Waals surface area (Å²) in [7, 11) is 1.58. The van der Waals surface area contributed by atoms with E-state index < -0.39 is 0 Å². The molecule has 1 aromatic carbocycles. The summed E-state index contributed by atoms with van der Waals surface area (Å²) in [6.07, 6.45) is 1.71. The van der Waals surface area contributed by atoms with Crippen LogP contribution in [0.2, 0.25) is 0 Å². The van der Waals surface area contributed by atoms with Crippen molar-refractivity contribution in [2.75, 3.05) is 20.3 Å². The van der Waals surface area contributed by atoms with E-state index in [2.05, 4.69) is 10.3 Å². The number of rotatable bonds is 5. The van der Waals surface area contributed by atoms with Crippen LogP contribution >= 0.6 is 11.6 Å². The van der Waals surface area contributed by atoms with Crippen LogP contribution in [0, 0.1) is 0 Å². The van der Waals surface area contributed by atoms with E-state index in [4.69, 9.17) is 16.3 Å². The molecule has 1 atom stereocenters. The molecule has 0 fully saturated rings. The maximum absolute atomic E-state index is 12.1. The van der Waals surface area contributed by atoms with E-state index >= 15 is 0 Å². The Morgan fingerprint density at radius 2 is 2.26 bits per heavy atom. The summed E-state index contributed by atoms with van der Waals surface area (Å²) in [6.45, 7) is 0.768. The average Bonchev–Trinajstić information content (AvgIpc) is 2.44. The number of halogens is 1. The van der Waals surface area contributed by atoms with Crippen molar-refractivity contribution in [2.24, 2.45) is 0 Å². The van der Waals surface area contributed by atoms with E-state index in [1.807, 2.05) is 24.3 Å². The number of hydrogen-bond donors (Lipinski definition) is 1. The van der Waals surface area contributed by atoms with E-state index in [-0.39, 0.29) is 11.3 Å². The summed E-state index contributed by atoms with van der Waals surface area (Å²) >= 11 is 5.98. The second-order valence-electron chi connectivity index (χ2n) is 4.14. The number of carbonyl (C=O) groups is 1. The fraction of sp³-hybridized carbons (Fsp3) is 0.286. The molecule has 5 heteroatoms. The first-order valence-electron chi connectivity index (χ1n) is 5.97. The van der Waals surface area contributed by atoms with Crippen molar-refractivity contribution >= 4 is 28.4 Å². The molecule has 0 saturated heterocycles. The molecule has 1 aromatic heterocycles. The lowest BCUT2D eigenvalue weighted by molar-refractivity contribution is 0.0951. The first-order valence-corrected chi connectivity index (χ1v) is 6.41. The molecule has 1 amide bonds. The second kappa shape index (κ2) is 6.50. The highest BCUT2D eigenvalue weighted by molar-refractivity contribution is 6.21. The average molecular weight is 279 g/mol. The van der Waals surface area contributed by atoms with Gasteiger partial charge in [0.1, 0.15) is 0 Å². The van der Waals surface area contributed by atoms with Crippen LogP contribution in [0.15, 0.2) is 36.5 Å². The largest absolute Gasteiger partial charge is 0.383 e. The highest BCUT2D eigenvalue weighted by Crippen LogP contribution is 2.16. The summed E-state index contributed by atoms with van der Waals surface area (Å²) in [5.74, 6) is -0.152. The van der Waals surface area contributed by atoms with Gasteiger partial charge in [-0.05, 0) is 18.2 Å². The predicted molar refractivity (Wildman–Crippen MR) is 75.6 cm³/mol. The van der Waals surface area contributed by atoms with Gasteiger partial charge in [-0.2, -0.15) is 0 Å². The Balaban J connectivity index is 2.13. The van der Waals surface area contributed by atoms with Crippen molar-refractivity contribution in [2.45, 2.75) is 5.38 Å². The molecule has 0 radical (unpaired) electrons. The molecule has 19 heavy (non-hydrogen) atoms. The summed E-state index contributed by atoms with van der Waals surface area (Å²) in [5.41, 5.74) is 1.40. The Bertz CT molecular complexity index is 569. The quantitative estimate of drug-likeness (QED) is 0.853. The van der Waals surface area contributed by atoms with Crippen molar-refractivity contribution in [3.8, 4) is 0 Å². The van der Waals surface area contributed by atoms with E-state index in [1.54, 1.807) is 19.4 Å². The third-order valence-electron chi connectivity index (χ3n) is 2.72. The molecule has 1 unspecified atom stereocenters. The van der Waals surface area contributed by atoms with E-state index in [0.29, 0.717) is 18.7 Å². The highest BCUT2D eigenvalue weighted by Gasteiger charge is 2.11. The van der Waals surface area contributed by atoms with Gasteiger partial charge in [0, 0.05) is 30.8 Å². The molecule has 0 aliphatic rings. The van der Waals surface area contributed by atoms with Crippen LogP contribution in [0.4, 0.5) is 0 Å². The molecular formula is C14H15ClN2O2. The summed E-state index contributed by atoms with van der Waals surface area (Å²) < 4.78 is 4.92. The fourth-order valence-electron chi connectivity index (χ4n) is 1.84. The SMILES string of the molecule is COCC(Cl)CNC(=O)c1cccc2ncccc12. The van der Waals surface area contributed by atoms with Gasteiger partial charge in [-0.1, -0.05) is 12.1 Å². The lowest BCUT2D eigenvalue weighted by Gasteiger charge is -2.11. The fourth-order valence-corrected chi connectivity index (χ4v) is 2.04. The van der Waals surface area contributed by atoms with E-state index in [9.17, 15) is 4.79 Å². The Labute approximate surface area is 116 Å². The highest BCUT2D eigenvalue weighted by atomic mass is 35.5. The number of alkyl halides is 1. The number of pyridine rings is 1. The number of hydrogen-bond acceptors (Lipinski definition) is 3. The molecule has 0 saturated carbocycles. The third kappa shape index (κ3) is 3.43. The van der Waals surface area contributed by atoms with Crippen molar-refractivity contribution in [3.63, 3.8) is 0 Å². The number of nitrogens with one attached hydrogen (secondary N) is 1. The minimum absolute atomic E-state index is 0.152. The molecule has 1 heterocycles. The van der Waals surface area contributed by atoms with Crippen molar-refractivity contribution in [3.05, 3.63) is 42.1 Å². The monoisotopic (exact) mass is 278 g/mol. The number of amides is 1. The van der Waals surface area contributed by atoms with Gasteiger partial charge >= 0.3 is 0 Å². The molecule has 0 spiro atoms. The van der Waals surface area contributed by atoms with Crippen molar-refractivity contribution in [1.29, 1.82) is 0 Å². The Hall–Kier alpha value is -1.65. The number of benzene rings is 1. The smallest absolute Gasteiger partial charge is 0.252 e. The maximum atomic E-state index is 12.1. The van der Waals surface area contributed by atoms with Crippen LogP contribution in [0.25, 0.3) is 10.9 Å². The second-order valence-corrected chi connectivity index (χ2v) is 4.76. The van der Waals surface area contributed by atoms with Gasteiger partial charge < -0.3 is 10.1 Å². The summed E-state index contributed by atoms with van der Waals surface area (Å²) in [4.78, 5) is 16.4. The van der Waals surface area contributed by atoms with Crippen LogP contribution in [-0.2, 0) is 4.74 Å². The number of ether oxygens (including phenoxy) is 1. The van der Waals surface area contributed by atoms with Crippen LogP contribution in [0.5, 0.6) is 0 Å². The minimum Gasteiger partial charge on any atom is -0.383 e. The Kier molecular flexibility index (Phi) is 4.71. The Morgan fingerprint density at radius 3 is 3.05 bits per heavy atom. The van der Waals surface area contributed by atoms with Crippen LogP contribution in [0.1, 0.15) is 10.4 Å². The first kappa shape index (κ1) is 13.8. The molecule has 4 nitrogen and oxygen atoms in total. The topological polar surface area (TPSA) is 51.2 Å². The van der Waals surface area contributed by atoms with Gasteiger partial charge in [-0.25, -0.2) is 0 Å². The van der Waals surface area contributed by atoms with Gasteiger partial charge in [0.05, 0.1) is 17.5 Å². The molecule has 0 aliphatic carbocycles. The van der Waals surface area contributed by atoms with Gasteiger partial charge in [0.25, 0.3) is 5.91 Å². The molecule has 1 N–H and O–H groups in total. The van der Waals surface area contributed by atoms with Crippen LogP contribution in [-0.4, -0.2) is 36.5 Å². The van der Waals surface area contributed by atoms with Gasteiger partial charge in [0.2, 0.25) is 0 Å². The molecule has 0 bridgehead atoms. The minimum atomic E-state index is -0.234. The van der Waals surface area contributed by atoms with E-state index in [1.165, 1.54) is 0 Å². The zero-order chi connectivity index (χ0) is 13.7. The van der Waals surface area contributed by atoms with Gasteiger partial charge in [-0.15, -0.1) is 11.6 Å². The molecule has 0 aliphatic heterocycles.